The third kappa shape index (κ3) is 4.29. The standard InChI is InChI=1S/C16H27FN2/c1-11(2)13(4)19(5)10-12(3)16(18)14-8-6-7-9-15(14)17/h6-9,11-13,16H,10,18H2,1-5H3. The lowest BCUT2D eigenvalue weighted by Gasteiger charge is -2.32. The van der Waals surface area contributed by atoms with Gasteiger partial charge in [-0.1, -0.05) is 39.0 Å². The fourth-order valence-corrected chi connectivity index (χ4v) is 2.29. The summed E-state index contributed by atoms with van der Waals surface area (Å²) in [7, 11) is 2.11. The summed E-state index contributed by atoms with van der Waals surface area (Å²) < 4.78 is 13.7. The van der Waals surface area contributed by atoms with Gasteiger partial charge < -0.3 is 10.6 Å². The molecular formula is C16H27FN2. The molecular weight excluding hydrogens is 239 g/mol. The Labute approximate surface area is 116 Å². The van der Waals surface area contributed by atoms with Crippen LogP contribution in [0.2, 0.25) is 0 Å². The molecule has 0 bridgehead atoms. The zero-order valence-corrected chi connectivity index (χ0v) is 12.7. The van der Waals surface area contributed by atoms with Crippen LogP contribution in [-0.4, -0.2) is 24.5 Å². The summed E-state index contributed by atoms with van der Waals surface area (Å²) in [6, 6.07) is 7.03. The third-order valence-electron chi connectivity index (χ3n) is 4.11. The Bertz CT molecular complexity index is 392. The molecule has 0 aromatic heterocycles. The second-order valence-corrected chi connectivity index (χ2v) is 5.95. The average Bonchev–Trinajstić information content (AvgIpc) is 2.37. The number of hydrogen-bond donors (Lipinski definition) is 1. The fourth-order valence-electron chi connectivity index (χ4n) is 2.29. The predicted molar refractivity (Wildman–Crippen MR) is 79.4 cm³/mol. The van der Waals surface area contributed by atoms with Crippen LogP contribution in [0.5, 0.6) is 0 Å². The van der Waals surface area contributed by atoms with Crippen LogP contribution in [0.15, 0.2) is 24.3 Å². The van der Waals surface area contributed by atoms with Crippen molar-refractivity contribution in [2.45, 2.75) is 39.8 Å². The number of hydrogen-bond acceptors (Lipinski definition) is 2. The zero-order chi connectivity index (χ0) is 14.6. The minimum Gasteiger partial charge on any atom is -0.324 e. The Balaban J connectivity index is 2.68. The van der Waals surface area contributed by atoms with Crippen LogP contribution >= 0.6 is 0 Å². The van der Waals surface area contributed by atoms with Crippen molar-refractivity contribution in [1.82, 2.24) is 4.90 Å². The molecule has 0 spiro atoms. The lowest BCUT2D eigenvalue weighted by atomic mass is 9.93. The van der Waals surface area contributed by atoms with E-state index in [0.29, 0.717) is 17.5 Å². The smallest absolute Gasteiger partial charge is 0.127 e. The lowest BCUT2D eigenvalue weighted by molar-refractivity contribution is 0.173. The largest absolute Gasteiger partial charge is 0.324 e. The van der Waals surface area contributed by atoms with Gasteiger partial charge in [0, 0.05) is 24.2 Å². The Morgan fingerprint density at radius 2 is 1.74 bits per heavy atom. The zero-order valence-electron chi connectivity index (χ0n) is 12.7. The minimum atomic E-state index is -0.261. The lowest BCUT2D eigenvalue weighted by Crippen LogP contribution is -2.39. The van der Waals surface area contributed by atoms with E-state index in [1.165, 1.54) is 6.07 Å². The molecule has 0 aliphatic rings. The highest BCUT2D eigenvalue weighted by molar-refractivity contribution is 5.21. The van der Waals surface area contributed by atoms with Gasteiger partial charge in [-0.05, 0) is 31.9 Å². The molecule has 0 saturated heterocycles. The summed E-state index contributed by atoms with van der Waals surface area (Å²) in [5.74, 6) is 0.603. The van der Waals surface area contributed by atoms with E-state index in [-0.39, 0.29) is 17.8 Å². The first kappa shape index (κ1) is 16.1. The SMILES string of the molecule is CC(C)C(C)N(C)CC(C)C(N)c1ccccc1F. The molecule has 2 nitrogen and oxygen atoms in total. The first-order chi connectivity index (χ1) is 8.84. The molecule has 1 aromatic carbocycles. The minimum absolute atomic E-state index is 0.207. The van der Waals surface area contributed by atoms with Crippen molar-refractivity contribution in [3.8, 4) is 0 Å². The molecule has 108 valence electrons. The fraction of sp³-hybridized carbons (Fsp3) is 0.625. The summed E-state index contributed by atoms with van der Waals surface area (Å²) in [5, 5.41) is 0. The summed E-state index contributed by atoms with van der Waals surface area (Å²) >= 11 is 0. The van der Waals surface area contributed by atoms with Gasteiger partial charge in [-0.15, -0.1) is 0 Å². The molecule has 2 N–H and O–H groups in total. The normalized spacial score (nSPS) is 16.7. The van der Waals surface area contributed by atoms with Crippen molar-refractivity contribution in [1.29, 1.82) is 0 Å². The summed E-state index contributed by atoms with van der Waals surface area (Å²) in [6.45, 7) is 9.59. The topological polar surface area (TPSA) is 29.3 Å². The second-order valence-electron chi connectivity index (χ2n) is 5.95. The first-order valence-electron chi connectivity index (χ1n) is 7.04. The van der Waals surface area contributed by atoms with E-state index < -0.39 is 0 Å². The highest BCUT2D eigenvalue weighted by atomic mass is 19.1. The van der Waals surface area contributed by atoms with Crippen molar-refractivity contribution < 1.29 is 4.39 Å². The number of benzene rings is 1. The highest BCUT2D eigenvalue weighted by Gasteiger charge is 2.22. The van der Waals surface area contributed by atoms with Crippen LogP contribution in [0.3, 0.4) is 0 Å². The third-order valence-corrected chi connectivity index (χ3v) is 4.11. The van der Waals surface area contributed by atoms with Crippen LogP contribution in [0, 0.1) is 17.7 Å². The maximum atomic E-state index is 13.7. The van der Waals surface area contributed by atoms with Gasteiger partial charge in [0.15, 0.2) is 0 Å². The van der Waals surface area contributed by atoms with E-state index in [0.717, 1.165) is 6.54 Å². The number of halogens is 1. The van der Waals surface area contributed by atoms with Crippen LogP contribution in [0.1, 0.15) is 39.3 Å². The molecule has 3 unspecified atom stereocenters. The molecule has 1 aromatic rings. The molecule has 0 aliphatic heterocycles. The Kier molecular flexibility index (Phi) is 5.95. The van der Waals surface area contributed by atoms with Gasteiger partial charge >= 0.3 is 0 Å². The first-order valence-corrected chi connectivity index (χ1v) is 7.04. The molecule has 0 heterocycles. The Morgan fingerprint density at radius 1 is 1.16 bits per heavy atom. The van der Waals surface area contributed by atoms with Crippen molar-refractivity contribution in [3.05, 3.63) is 35.6 Å². The van der Waals surface area contributed by atoms with E-state index in [1.54, 1.807) is 12.1 Å². The molecule has 1 rings (SSSR count). The maximum Gasteiger partial charge on any atom is 0.127 e. The van der Waals surface area contributed by atoms with Crippen molar-refractivity contribution in [3.63, 3.8) is 0 Å². The van der Waals surface area contributed by atoms with Gasteiger partial charge in [-0.2, -0.15) is 0 Å². The number of rotatable bonds is 6. The number of nitrogens with zero attached hydrogens (tertiary/aromatic N) is 1. The molecule has 0 amide bonds. The van der Waals surface area contributed by atoms with Crippen LogP contribution in [0.4, 0.5) is 4.39 Å². The van der Waals surface area contributed by atoms with E-state index in [2.05, 4.69) is 39.6 Å². The van der Waals surface area contributed by atoms with Crippen LogP contribution < -0.4 is 5.73 Å². The van der Waals surface area contributed by atoms with Gasteiger partial charge in [0.05, 0.1) is 0 Å². The molecule has 0 radical (unpaired) electrons. The monoisotopic (exact) mass is 266 g/mol. The number of nitrogens with two attached hydrogens (primary N) is 1. The van der Waals surface area contributed by atoms with Crippen LogP contribution in [0.25, 0.3) is 0 Å². The summed E-state index contributed by atoms with van der Waals surface area (Å²) in [5.41, 5.74) is 6.81. The van der Waals surface area contributed by atoms with Crippen molar-refractivity contribution in [2.24, 2.45) is 17.6 Å². The van der Waals surface area contributed by atoms with E-state index in [1.807, 2.05) is 6.07 Å². The predicted octanol–water partition coefficient (Wildman–Crippen LogP) is 3.44. The summed E-state index contributed by atoms with van der Waals surface area (Å²) in [4.78, 5) is 2.30. The highest BCUT2D eigenvalue weighted by Crippen LogP contribution is 2.23. The van der Waals surface area contributed by atoms with Gasteiger partial charge in [-0.25, -0.2) is 4.39 Å². The van der Waals surface area contributed by atoms with Gasteiger partial charge in [0.1, 0.15) is 5.82 Å². The molecule has 3 heteroatoms. The average molecular weight is 266 g/mol. The second kappa shape index (κ2) is 7.01. The maximum absolute atomic E-state index is 13.7. The van der Waals surface area contributed by atoms with E-state index in [4.69, 9.17) is 5.73 Å². The van der Waals surface area contributed by atoms with E-state index >= 15 is 0 Å². The van der Waals surface area contributed by atoms with E-state index in [9.17, 15) is 4.39 Å². The van der Waals surface area contributed by atoms with Gasteiger partial charge in [0.2, 0.25) is 0 Å². The Hall–Kier alpha value is -0.930. The quantitative estimate of drug-likeness (QED) is 0.854. The van der Waals surface area contributed by atoms with Crippen molar-refractivity contribution >= 4 is 0 Å². The molecule has 0 aliphatic carbocycles. The van der Waals surface area contributed by atoms with Gasteiger partial charge in [-0.3, -0.25) is 0 Å². The Morgan fingerprint density at radius 3 is 2.26 bits per heavy atom. The van der Waals surface area contributed by atoms with Crippen molar-refractivity contribution in [2.75, 3.05) is 13.6 Å². The molecule has 3 atom stereocenters. The molecule has 19 heavy (non-hydrogen) atoms. The van der Waals surface area contributed by atoms with Crippen LogP contribution in [-0.2, 0) is 0 Å². The summed E-state index contributed by atoms with van der Waals surface area (Å²) in [6.07, 6.45) is 0. The van der Waals surface area contributed by atoms with Gasteiger partial charge in [0.25, 0.3) is 0 Å². The molecule has 0 saturated carbocycles. The molecule has 0 fully saturated rings.